The molecule has 0 aromatic carbocycles. The predicted octanol–water partition coefficient (Wildman–Crippen LogP) is 1.43. The first-order chi connectivity index (χ1) is 8.15. The summed E-state index contributed by atoms with van der Waals surface area (Å²) >= 11 is 4.90. The number of aliphatic hydroxyl groups is 1. The fraction of sp³-hybridized carbons (Fsp3) is 0.500. The Morgan fingerprint density at radius 3 is 2.71 bits per heavy atom. The van der Waals surface area contributed by atoms with Crippen molar-refractivity contribution in [1.29, 1.82) is 0 Å². The van der Waals surface area contributed by atoms with Gasteiger partial charge in [0, 0.05) is 6.04 Å². The Morgan fingerprint density at radius 2 is 2.06 bits per heavy atom. The number of hydrogen-bond donors (Lipinski definition) is 3. The van der Waals surface area contributed by atoms with Crippen LogP contribution in [0.3, 0.4) is 0 Å². The molecule has 5 heteroatoms. The van der Waals surface area contributed by atoms with Crippen molar-refractivity contribution in [3.63, 3.8) is 0 Å². The van der Waals surface area contributed by atoms with Crippen molar-refractivity contribution in [2.45, 2.75) is 37.8 Å². The third kappa shape index (κ3) is 3.38. The monoisotopic (exact) mass is 251 g/mol. The highest BCUT2D eigenvalue weighted by atomic mass is 32.1. The Labute approximate surface area is 106 Å². The van der Waals surface area contributed by atoms with Crippen LogP contribution in [0.25, 0.3) is 0 Å². The fourth-order valence-electron chi connectivity index (χ4n) is 2.08. The largest absolute Gasteiger partial charge is 0.393 e. The molecule has 0 amide bonds. The second kappa shape index (κ2) is 5.42. The van der Waals surface area contributed by atoms with Gasteiger partial charge in [0.05, 0.1) is 11.8 Å². The molecule has 1 aromatic rings. The molecule has 1 aliphatic carbocycles. The molecule has 17 heavy (non-hydrogen) atoms. The zero-order chi connectivity index (χ0) is 12.3. The van der Waals surface area contributed by atoms with Crippen LogP contribution in [0.2, 0.25) is 0 Å². The van der Waals surface area contributed by atoms with Crippen LogP contribution in [-0.4, -0.2) is 27.2 Å². The van der Waals surface area contributed by atoms with Crippen LogP contribution in [0.15, 0.2) is 18.2 Å². The number of anilines is 1. The van der Waals surface area contributed by atoms with Crippen molar-refractivity contribution >= 4 is 23.0 Å². The summed E-state index contributed by atoms with van der Waals surface area (Å²) in [4.78, 5) is 4.66. The van der Waals surface area contributed by atoms with Crippen molar-refractivity contribution in [1.82, 2.24) is 4.98 Å². The maximum Gasteiger partial charge on any atom is 0.126 e. The topological polar surface area (TPSA) is 71.2 Å². The smallest absolute Gasteiger partial charge is 0.126 e. The number of hydrogen-bond acceptors (Lipinski definition) is 4. The quantitative estimate of drug-likeness (QED) is 0.709. The fourth-order valence-corrected chi connectivity index (χ4v) is 2.20. The van der Waals surface area contributed by atoms with Crippen LogP contribution in [-0.2, 0) is 0 Å². The third-order valence-corrected chi connectivity index (χ3v) is 3.26. The summed E-state index contributed by atoms with van der Waals surface area (Å²) in [5, 5.41) is 12.8. The second-order valence-corrected chi connectivity index (χ2v) is 4.86. The van der Waals surface area contributed by atoms with Crippen LogP contribution in [0.1, 0.15) is 31.4 Å². The Bertz CT molecular complexity index is 402. The van der Waals surface area contributed by atoms with Gasteiger partial charge in [-0.25, -0.2) is 4.98 Å². The lowest BCUT2D eigenvalue weighted by Crippen LogP contribution is -2.28. The molecule has 1 fully saturated rings. The van der Waals surface area contributed by atoms with E-state index in [0.29, 0.717) is 16.7 Å². The van der Waals surface area contributed by atoms with E-state index in [2.05, 4.69) is 10.3 Å². The highest BCUT2D eigenvalue weighted by molar-refractivity contribution is 7.80. The van der Waals surface area contributed by atoms with Crippen LogP contribution in [0, 0.1) is 0 Å². The molecule has 4 N–H and O–H groups in total. The van der Waals surface area contributed by atoms with E-state index in [1.165, 1.54) is 0 Å². The minimum atomic E-state index is -0.135. The standard InChI is InChI=1S/C12H17N3OS/c13-12(17)10-2-1-3-11(15-10)14-8-4-6-9(16)7-5-8/h1-3,8-9,16H,4-7H2,(H2,13,17)(H,14,15). The average Bonchev–Trinajstić information content (AvgIpc) is 2.32. The van der Waals surface area contributed by atoms with E-state index in [1.807, 2.05) is 12.1 Å². The molecule has 0 saturated heterocycles. The SMILES string of the molecule is NC(=S)c1cccc(NC2CCC(O)CC2)n1. The van der Waals surface area contributed by atoms with Gasteiger partial charge in [0.25, 0.3) is 0 Å². The van der Waals surface area contributed by atoms with Crippen LogP contribution < -0.4 is 11.1 Å². The minimum absolute atomic E-state index is 0.135. The molecule has 92 valence electrons. The molecule has 0 unspecified atom stereocenters. The second-order valence-electron chi connectivity index (χ2n) is 4.42. The summed E-state index contributed by atoms with van der Waals surface area (Å²) < 4.78 is 0. The van der Waals surface area contributed by atoms with E-state index in [-0.39, 0.29) is 6.10 Å². The molecular weight excluding hydrogens is 234 g/mol. The zero-order valence-corrected chi connectivity index (χ0v) is 10.4. The Hall–Kier alpha value is -1.20. The van der Waals surface area contributed by atoms with Gasteiger partial charge < -0.3 is 16.2 Å². The molecule has 0 spiro atoms. The van der Waals surface area contributed by atoms with E-state index in [0.717, 1.165) is 31.5 Å². The van der Waals surface area contributed by atoms with Crippen LogP contribution >= 0.6 is 12.2 Å². The summed E-state index contributed by atoms with van der Waals surface area (Å²) in [6, 6.07) is 5.99. The lowest BCUT2D eigenvalue weighted by Gasteiger charge is -2.26. The van der Waals surface area contributed by atoms with Gasteiger partial charge in [-0.1, -0.05) is 18.3 Å². The summed E-state index contributed by atoms with van der Waals surface area (Å²) in [7, 11) is 0. The Morgan fingerprint density at radius 1 is 1.35 bits per heavy atom. The zero-order valence-electron chi connectivity index (χ0n) is 9.60. The molecule has 0 radical (unpaired) electrons. The molecule has 0 aliphatic heterocycles. The van der Waals surface area contributed by atoms with Crippen molar-refractivity contribution in [3.05, 3.63) is 23.9 Å². The number of aromatic nitrogens is 1. The van der Waals surface area contributed by atoms with E-state index >= 15 is 0 Å². The van der Waals surface area contributed by atoms with Crippen molar-refractivity contribution < 1.29 is 5.11 Å². The number of pyridine rings is 1. The summed E-state index contributed by atoms with van der Waals surface area (Å²) in [6.07, 6.45) is 3.52. The average molecular weight is 251 g/mol. The van der Waals surface area contributed by atoms with E-state index in [4.69, 9.17) is 18.0 Å². The van der Waals surface area contributed by atoms with Gasteiger partial charge >= 0.3 is 0 Å². The molecule has 1 aliphatic rings. The molecule has 0 bridgehead atoms. The maximum absolute atomic E-state index is 9.43. The van der Waals surface area contributed by atoms with E-state index in [1.54, 1.807) is 6.07 Å². The lowest BCUT2D eigenvalue weighted by atomic mass is 9.93. The van der Waals surface area contributed by atoms with Crippen molar-refractivity contribution in [3.8, 4) is 0 Å². The minimum Gasteiger partial charge on any atom is -0.393 e. The molecular formula is C12H17N3OS. The summed E-state index contributed by atoms with van der Waals surface area (Å²) in [5.74, 6) is 0.802. The van der Waals surface area contributed by atoms with Crippen molar-refractivity contribution in [2.24, 2.45) is 5.73 Å². The van der Waals surface area contributed by atoms with Gasteiger partial charge in [0.1, 0.15) is 10.8 Å². The summed E-state index contributed by atoms with van der Waals surface area (Å²) in [6.45, 7) is 0. The predicted molar refractivity (Wildman–Crippen MR) is 72.0 cm³/mol. The number of nitrogens with zero attached hydrogens (tertiary/aromatic N) is 1. The Balaban J connectivity index is 1.98. The first-order valence-corrected chi connectivity index (χ1v) is 6.27. The number of rotatable bonds is 3. The van der Waals surface area contributed by atoms with Gasteiger partial charge in [-0.3, -0.25) is 0 Å². The third-order valence-electron chi connectivity index (χ3n) is 3.05. The molecule has 4 nitrogen and oxygen atoms in total. The highest BCUT2D eigenvalue weighted by Crippen LogP contribution is 2.21. The highest BCUT2D eigenvalue weighted by Gasteiger charge is 2.19. The van der Waals surface area contributed by atoms with Gasteiger partial charge in [0.15, 0.2) is 0 Å². The molecule has 0 atom stereocenters. The number of thiocarbonyl (C=S) groups is 1. The van der Waals surface area contributed by atoms with E-state index < -0.39 is 0 Å². The molecule has 1 saturated carbocycles. The van der Waals surface area contributed by atoms with Crippen molar-refractivity contribution in [2.75, 3.05) is 5.32 Å². The molecule has 1 aromatic heterocycles. The molecule has 1 heterocycles. The number of nitrogens with two attached hydrogens (primary N) is 1. The van der Waals surface area contributed by atoms with Gasteiger partial charge in [0.2, 0.25) is 0 Å². The maximum atomic E-state index is 9.43. The lowest BCUT2D eigenvalue weighted by molar-refractivity contribution is 0.126. The summed E-state index contributed by atoms with van der Waals surface area (Å²) in [5.41, 5.74) is 6.18. The Kier molecular flexibility index (Phi) is 3.91. The van der Waals surface area contributed by atoms with E-state index in [9.17, 15) is 5.11 Å². The molecule has 2 rings (SSSR count). The van der Waals surface area contributed by atoms with Gasteiger partial charge in [-0.05, 0) is 37.8 Å². The van der Waals surface area contributed by atoms with Gasteiger partial charge in [-0.15, -0.1) is 0 Å². The van der Waals surface area contributed by atoms with Gasteiger partial charge in [-0.2, -0.15) is 0 Å². The van der Waals surface area contributed by atoms with Crippen LogP contribution in [0.5, 0.6) is 0 Å². The number of nitrogens with one attached hydrogen (secondary N) is 1. The first kappa shape index (κ1) is 12.3. The first-order valence-electron chi connectivity index (χ1n) is 5.86. The normalized spacial score (nSPS) is 24.3. The van der Waals surface area contributed by atoms with Crippen LogP contribution in [0.4, 0.5) is 5.82 Å². The number of aliphatic hydroxyl groups excluding tert-OH is 1.